The molecule has 1 N–H and O–H groups in total. The monoisotopic (exact) mass is 308 g/mol. The molecule has 1 aromatic carbocycles. The van der Waals surface area contributed by atoms with E-state index in [2.05, 4.69) is 16.7 Å². The van der Waals surface area contributed by atoms with Gasteiger partial charge >= 0.3 is 0 Å². The van der Waals surface area contributed by atoms with Gasteiger partial charge in [-0.05, 0) is 19.0 Å². The van der Waals surface area contributed by atoms with Gasteiger partial charge in [0.15, 0.2) is 11.5 Å². The minimum absolute atomic E-state index is 0.190. The van der Waals surface area contributed by atoms with E-state index < -0.39 is 0 Å². The zero-order chi connectivity index (χ0) is 15.9. The second kappa shape index (κ2) is 8.25. The highest BCUT2D eigenvalue weighted by atomic mass is 16.5. The van der Waals surface area contributed by atoms with E-state index in [4.69, 9.17) is 9.47 Å². The van der Waals surface area contributed by atoms with Gasteiger partial charge in [-0.25, -0.2) is 0 Å². The fourth-order valence-electron chi connectivity index (χ4n) is 2.87. The second-order valence-electron chi connectivity index (χ2n) is 5.78. The smallest absolute Gasteiger partial charge is 0.203 e. The zero-order valence-corrected chi connectivity index (χ0v) is 14.0. The molecule has 1 fully saturated rings. The lowest BCUT2D eigenvalue weighted by atomic mass is 10.1. The van der Waals surface area contributed by atoms with E-state index in [-0.39, 0.29) is 5.75 Å². The third-order valence-corrected chi connectivity index (χ3v) is 4.29. The van der Waals surface area contributed by atoms with Crippen molar-refractivity contribution in [3.05, 3.63) is 17.7 Å². The standard InChI is InChI=1S/C17H28N2O3/c1-4-5-8-18-9-11-19(12-10-18)13-14-6-7-15(21-2)17(22-3)16(14)20/h6-7,20H,4-5,8-13H2,1-3H3. The molecule has 0 atom stereocenters. The molecule has 1 aromatic rings. The van der Waals surface area contributed by atoms with Crippen LogP contribution >= 0.6 is 0 Å². The molecule has 0 radical (unpaired) electrons. The Morgan fingerprint density at radius 2 is 1.73 bits per heavy atom. The molecule has 0 saturated carbocycles. The van der Waals surface area contributed by atoms with Crippen molar-refractivity contribution in [2.45, 2.75) is 26.3 Å². The molecule has 22 heavy (non-hydrogen) atoms. The molecule has 0 amide bonds. The van der Waals surface area contributed by atoms with E-state index in [0.717, 1.165) is 38.3 Å². The number of methoxy groups -OCH3 is 2. The van der Waals surface area contributed by atoms with Crippen molar-refractivity contribution in [2.75, 3.05) is 46.9 Å². The molecule has 2 rings (SSSR count). The maximum atomic E-state index is 10.4. The normalized spacial score (nSPS) is 16.7. The van der Waals surface area contributed by atoms with Crippen LogP contribution in [0.25, 0.3) is 0 Å². The lowest BCUT2D eigenvalue weighted by molar-refractivity contribution is 0.125. The molecule has 5 nitrogen and oxygen atoms in total. The van der Waals surface area contributed by atoms with Gasteiger partial charge in [-0.3, -0.25) is 4.90 Å². The first-order chi connectivity index (χ1) is 10.7. The fourth-order valence-corrected chi connectivity index (χ4v) is 2.87. The minimum atomic E-state index is 0.190. The molecule has 0 aromatic heterocycles. The van der Waals surface area contributed by atoms with Crippen LogP contribution in [0.1, 0.15) is 25.3 Å². The Balaban J connectivity index is 1.95. The van der Waals surface area contributed by atoms with E-state index in [1.54, 1.807) is 14.2 Å². The van der Waals surface area contributed by atoms with Gasteiger partial charge in [0.05, 0.1) is 14.2 Å². The van der Waals surface area contributed by atoms with Gasteiger partial charge in [-0.15, -0.1) is 0 Å². The molecule has 1 aliphatic heterocycles. The molecule has 0 bridgehead atoms. The average Bonchev–Trinajstić information content (AvgIpc) is 2.55. The Kier molecular flexibility index (Phi) is 6.34. The topological polar surface area (TPSA) is 45.2 Å². The van der Waals surface area contributed by atoms with Crippen molar-refractivity contribution in [3.8, 4) is 17.2 Å². The van der Waals surface area contributed by atoms with Crippen LogP contribution in [-0.2, 0) is 6.54 Å². The number of rotatable bonds is 7. The number of phenolic OH excluding ortho intramolecular Hbond substituents is 1. The zero-order valence-electron chi connectivity index (χ0n) is 14.0. The summed E-state index contributed by atoms with van der Waals surface area (Å²) in [6.07, 6.45) is 2.52. The maximum absolute atomic E-state index is 10.4. The lowest BCUT2D eigenvalue weighted by Gasteiger charge is -2.34. The van der Waals surface area contributed by atoms with Gasteiger partial charge in [0.25, 0.3) is 0 Å². The number of piperazine rings is 1. The molecular formula is C17H28N2O3. The van der Waals surface area contributed by atoms with Crippen molar-refractivity contribution >= 4 is 0 Å². The highest BCUT2D eigenvalue weighted by molar-refractivity contribution is 5.54. The first kappa shape index (κ1) is 16.9. The highest BCUT2D eigenvalue weighted by Gasteiger charge is 2.20. The van der Waals surface area contributed by atoms with Gasteiger partial charge in [0.2, 0.25) is 5.75 Å². The Bertz CT molecular complexity index is 471. The van der Waals surface area contributed by atoms with Crippen molar-refractivity contribution in [3.63, 3.8) is 0 Å². The molecule has 1 heterocycles. The number of phenols is 1. The number of aromatic hydroxyl groups is 1. The van der Waals surface area contributed by atoms with Crippen LogP contribution in [0.2, 0.25) is 0 Å². The number of benzene rings is 1. The fraction of sp³-hybridized carbons (Fsp3) is 0.647. The number of ether oxygens (including phenoxy) is 2. The molecule has 1 aliphatic rings. The van der Waals surface area contributed by atoms with E-state index in [1.807, 2.05) is 12.1 Å². The van der Waals surface area contributed by atoms with Gasteiger partial charge in [0, 0.05) is 38.3 Å². The Morgan fingerprint density at radius 3 is 2.32 bits per heavy atom. The summed E-state index contributed by atoms with van der Waals surface area (Å²) in [6.45, 7) is 8.47. The molecule has 1 saturated heterocycles. The Morgan fingerprint density at radius 1 is 1.05 bits per heavy atom. The van der Waals surface area contributed by atoms with Crippen LogP contribution in [-0.4, -0.2) is 61.8 Å². The first-order valence-corrected chi connectivity index (χ1v) is 8.07. The largest absolute Gasteiger partial charge is 0.504 e. The summed E-state index contributed by atoms with van der Waals surface area (Å²) in [5.41, 5.74) is 0.889. The van der Waals surface area contributed by atoms with E-state index >= 15 is 0 Å². The van der Waals surface area contributed by atoms with Crippen LogP contribution in [0.15, 0.2) is 12.1 Å². The quantitative estimate of drug-likeness (QED) is 0.837. The number of unbranched alkanes of at least 4 members (excludes halogenated alkanes) is 1. The third-order valence-electron chi connectivity index (χ3n) is 4.29. The lowest BCUT2D eigenvalue weighted by Crippen LogP contribution is -2.46. The molecule has 0 aliphatic carbocycles. The van der Waals surface area contributed by atoms with Gasteiger partial charge < -0.3 is 19.5 Å². The summed E-state index contributed by atoms with van der Waals surface area (Å²) in [5.74, 6) is 1.17. The van der Waals surface area contributed by atoms with E-state index in [9.17, 15) is 5.11 Å². The number of hydrogen-bond acceptors (Lipinski definition) is 5. The van der Waals surface area contributed by atoms with Crippen molar-refractivity contribution in [2.24, 2.45) is 0 Å². The van der Waals surface area contributed by atoms with Crippen LogP contribution in [0, 0.1) is 0 Å². The van der Waals surface area contributed by atoms with Crippen LogP contribution in [0.3, 0.4) is 0 Å². The van der Waals surface area contributed by atoms with E-state index in [0.29, 0.717) is 11.5 Å². The first-order valence-electron chi connectivity index (χ1n) is 8.07. The van der Waals surface area contributed by atoms with Crippen LogP contribution in [0.4, 0.5) is 0 Å². The Labute approximate surface area is 133 Å². The third kappa shape index (κ3) is 4.05. The molecular weight excluding hydrogens is 280 g/mol. The number of hydrogen-bond donors (Lipinski definition) is 1. The number of nitrogens with zero attached hydrogens (tertiary/aromatic N) is 2. The van der Waals surface area contributed by atoms with Gasteiger partial charge in [-0.1, -0.05) is 19.4 Å². The predicted molar refractivity (Wildman–Crippen MR) is 87.8 cm³/mol. The van der Waals surface area contributed by atoms with Crippen LogP contribution in [0.5, 0.6) is 17.2 Å². The summed E-state index contributed by atoms with van der Waals surface area (Å²) in [5, 5.41) is 10.4. The summed E-state index contributed by atoms with van der Waals surface area (Å²) in [7, 11) is 3.13. The minimum Gasteiger partial charge on any atom is -0.504 e. The summed E-state index contributed by atoms with van der Waals surface area (Å²) >= 11 is 0. The highest BCUT2D eigenvalue weighted by Crippen LogP contribution is 2.39. The molecule has 5 heteroatoms. The second-order valence-corrected chi connectivity index (χ2v) is 5.78. The molecule has 0 spiro atoms. The van der Waals surface area contributed by atoms with E-state index in [1.165, 1.54) is 19.4 Å². The van der Waals surface area contributed by atoms with Crippen molar-refractivity contribution in [1.29, 1.82) is 0 Å². The van der Waals surface area contributed by atoms with Crippen molar-refractivity contribution in [1.82, 2.24) is 9.80 Å². The maximum Gasteiger partial charge on any atom is 0.203 e. The van der Waals surface area contributed by atoms with Gasteiger partial charge in [0.1, 0.15) is 0 Å². The van der Waals surface area contributed by atoms with Crippen LogP contribution < -0.4 is 9.47 Å². The van der Waals surface area contributed by atoms with Gasteiger partial charge in [-0.2, -0.15) is 0 Å². The summed E-state index contributed by atoms with van der Waals surface area (Å²) in [4.78, 5) is 4.90. The SMILES string of the molecule is CCCCN1CCN(Cc2ccc(OC)c(OC)c2O)CC1. The molecule has 0 unspecified atom stereocenters. The van der Waals surface area contributed by atoms with Crippen molar-refractivity contribution < 1.29 is 14.6 Å². The summed E-state index contributed by atoms with van der Waals surface area (Å²) in [6, 6.07) is 3.77. The Hall–Kier alpha value is -1.46. The predicted octanol–water partition coefficient (Wildman–Crippen LogP) is 2.33. The molecule has 124 valence electrons. The average molecular weight is 308 g/mol. The summed E-state index contributed by atoms with van der Waals surface area (Å²) < 4.78 is 10.5.